The fourth-order valence-electron chi connectivity index (χ4n) is 2.98. The Bertz CT molecular complexity index is 1070. The molecule has 0 saturated carbocycles. The number of hydrogen-bond donors (Lipinski definition) is 3. The predicted octanol–water partition coefficient (Wildman–Crippen LogP) is 2.43. The Morgan fingerprint density at radius 3 is 2.50 bits per heavy atom. The first-order chi connectivity index (χ1) is 15.5. The van der Waals surface area contributed by atoms with Gasteiger partial charge in [0.1, 0.15) is 6.61 Å². The minimum absolute atomic E-state index is 0.0304. The van der Waals surface area contributed by atoms with Crippen LogP contribution in [0.4, 0.5) is 11.4 Å². The lowest BCUT2D eigenvalue weighted by atomic mass is 10.1. The molecule has 32 heavy (non-hydrogen) atoms. The average molecular weight is 435 g/mol. The number of methoxy groups -OCH3 is 1. The van der Waals surface area contributed by atoms with Gasteiger partial charge in [-0.05, 0) is 35.9 Å². The van der Waals surface area contributed by atoms with Gasteiger partial charge in [-0.1, -0.05) is 18.2 Å². The van der Waals surface area contributed by atoms with E-state index < -0.39 is 0 Å². The number of ether oxygens (including phenoxy) is 1. The molecule has 3 aromatic rings. The van der Waals surface area contributed by atoms with Gasteiger partial charge in [-0.3, -0.25) is 14.4 Å². The molecule has 1 heterocycles. The highest BCUT2D eigenvalue weighted by Gasteiger charge is 2.09. The Kier molecular flexibility index (Phi) is 8.10. The Labute approximate surface area is 185 Å². The molecule has 3 amide bonds. The molecule has 0 bridgehead atoms. The number of nitrogens with one attached hydrogen (secondary N) is 3. The largest absolute Gasteiger partial charge is 0.375 e. The molecule has 0 atom stereocenters. The monoisotopic (exact) mass is 435 g/mol. The first-order valence-electron chi connectivity index (χ1n) is 10.0. The van der Waals surface area contributed by atoms with Crippen molar-refractivity contribution in [2.24, 2.45) is 0 Å². The number of aromatic nitrogens is 2. The smallest absolute Gasteiger partial charge is 0.251 e. The number of carbonyl (C=O) groups excluding carboxylic acids is 3. The van der Waals surface area contributed by atoms with Crippen molar-refractivity contribution >= 4 is 29.1 Å². The summed E-state index contributed by atoms with van der Waals surface area (Å²) in [5, 5.41) is 8.38. The van der Waals surface area contributed by atoms with Gasteiger partial charge in [-0.25, -0.2) is 4.98 Å². The van der Waals surface area contributed by atoms with Gasteiger partial charge >= 0.3 is 0 Å². The van der Waals surface area contributed by atoms with Gasteiger partial charge in [0.2, 0.25) is 11.8 Å². The van der Waals surface area contributed by atoms with Crippen LogP contribution in [0.25, 0.3) is 0 Å². The molecule has 3 N–H and O–H groups in total. The molecule has 9 nitrogen and oxygen atoms in total. The highest BCUT2D eigenvalue weighted by Crippen LogP contribution is 2.13. The summed E-state index contributed by atoms with van der Waals surface area (Å²) >= 11 is 0. The lowest BCUT2D eigenvalue weighted by Gasteiger charge is -2.10. The zero-order chi connectivity index (χ0) is 22.8. The maximum atomic E-state index is 12.6. The standard InChI is InChI=1S/C23H25N5O4/c1-32-15-22(30)27-19-6-2-4-17(12-19)14-25-23(31)18-5-3-7-20(13-18)26-21(29)8-10-28-11-9-24-16-28/h2-7,9,11-13,16H,8,10,14-15H2,1H3,(H,25,31)(H,26,29)(H,27,30). The average Bonchev–Trinajstić information content (AvgIpc) is 3.30. The first-order valence-corrected chi connectivity index (χ1v) is 10.0. The third-order valence-corrected chi connectivity index (χ3v) is 4.50. The number of rotatable bonds is 10. The van der Waals surface area contributed by atoms with Gasteiger partial charge in [-0.15, -0.1) is 0 Å². The highest BCUT2D eigenvalue weighted by atomic mass is 16.5. The molecule has 1 aromatic heterocycles. The zero-order valence-electron chi connectivity index (χ0n) is 17.7. The summed E-state index contributed by atoms with van der Waals surface area (Å²) in [7, 11) is 1.45. The number of imidazole rings is 1. The van der Waals surface area contributed by atoms with E-state index in [1.807, 2.05) is 10.6 Å². The number of aryl methyl sites for hydroxylation is 1. The third-order valence-electron chi connectivity index (χ3n) is 4.50. The van der Waals surface area contributed by atoms with Crippen molar-refractivity contribution in [2.45, 2.75) is 19.5 Å². The van der Waals surface area contributed by atoms with Crippen LogP contribution < -0.4 is 16.0 Å². The molecule has 166 valence electrons. The molecule has 0 unspecified atom stereocenters. The van der Waals surface area contributed by atoms with E-state index in [1.165, 1.54) is 7.11 Å². The van der Waals surface area contributed by atoms with Crippen molar-refractivity contribution in [1.82, 2.24) is 14.9 Å². The summed E-state index contributed by atoms with van der Waals surface area (Å²) in [4.78, 5) is 40.3. The molecule has 0 aliphatic rings. The number of carbonyl (C=O) groups is 3. The second kappa shape index (κ2) is 11.4. The molecule has 3 rings (SSSR count). The molecule has 0 radical (unpaired) electrons. The van der Waals surface area contributed by atoms with Crippen LogP contribution in [0.5, 0.6) is 0 Å². The first kappa shape index (κ1) is 22.7. The van der Waals surface area contributed by atoms with Gasteiger partial charge in [0.15, 0.2) is 0 Å². The Morgan fingerprint density at radius 2 is 1.75 bits per heavy atom. The van der Waals surface area contributed by atoms with Gasteiger partial charge in [0, 0.05) is 56.0 Å². The van der Waals surface area contributed by atoms with Crippen LogP contribution in [0.15, 0.2) is 67.3 Å². The van der Waals surface area contributed by atoms with E-state index in [-0.39, 0.29) is 30.9 Å². The molecule has 0 aliphatic heterocycles. The zero-order valence-corrected chi connectivity index (χ0v) is 17.7. The van der Waals surface area contributed by atoms with Crippen molar-refractivity contribution in [3.63, 3.8) is 0 Å². The predicted molar refractivity (Wildman–Crippen MR) is 120 cm³/mol. The Hall–Kier alpha value is -3.98. The fraction of sp³-hybridized carbons (Fsp3) is 0.217. The summed E-state index contributed by atoms with van der Waals surface area (Å²) in [6.07, 6.45) is 5.40. The lowest BCUT2D eigenvalue weighted by Crippen LogP contribution is -2.23. The van der Waals surface area contributed by atoms with Crippen LogP contribution in [0, 0.1) is 0 Å². The molecular weight excluding hydrogens is 410 g/mol. The van der Waals surface area contributed by atoms with Crippen LogP contribution in [-0.2, 0) is 27.4 Å². The minimum atomic E-state index is -0.270. The number of anilines is 2. The summed E-state index contributed by atoms with van der Waals surface area (Å²) in [5.74, 6) is -0.672. The van der Waals surface area contributed by atoms with E-state index >= 15 is 0 Å². The van der Waals surface area contributed by atoms with E-state index in [1.54, 1.807) is 61.2 Å². The summed E-state index contributed by atoms with van der Waals surface area (Å²) in [5.41, 5.74) is 2.44. The summed E-state index contributed by atoms with van der Waals surface area (Å²) in [6, 6.07) is 13.9. The van der Waals surface area contributed by atoms with Crippen molar-refractivity contribution in [3.05, 3.63) is 78.4 Å². The summed E-state index contributed by atoms with van der Waals surface area (Å²) < 4.78 is 6.62. The van der Waals surface area contributed by atoms with Gasteiger partial charge in [-0.2, -0.15) is 0 Å². The molecule has 2 aromatic carbocycles. The van der Waals surface area contributed by atoms with Crippen LogP contribution >= 0.6 is 0 Å². The number of amides is 3. The maximum Gasteiger partial charge on any atom is 0.251 e. The maximum absolute atomic E-state index is 12.6. The van der Waals surface area contributed by atoms with Crippen molar-refractivity contribution in [1.29, 1.82) is 0 Å². The number of hydrogen-bond acceptors (Lipinski definition) is 5. The van der Waals surface area contributed by atoms with E-state index in [4.69, 9.17) is 4.74 Å². The van der Waals surface area contributed by atoms with E-state index in [2.05, 4.69) is 20.9 Å². The molecule has 9 heteroatoms. The highest BCUT2D eigenvalue weighted by molar-refractivity contribution is 5.97. The normalized spacial score (nSPS) is 10.4. The lowest BCUT2D eigenvalue weighted by molar-refractivity contribution is -0.119. The molecule has 0 aliphatic carbocycles. The topological polar surface area (TPSA) is 114 Å². The molecule has 0 spiro atoms. The number of benzene rings is 2. The van der Waals surface area contributed by atoms with Gasteiger partial charge in [0.25, 0.3) is 5.91 Å². The van der Waals surface area contributed by atoms with Crippen LogP contribution in [0.2, 0.25) is 0 Å². The van der Waals surface area contributed by atoms with E-state index in [0.29, 0.717) is 29.9 Å². The van der Waals surface area contributed by atoms with Crippen LogP contribution in [0.3, 0.4) is 0 Å². The second-order valence-corrected chi connectivity index (χ2v) is 7.04. The summed E-state index contributed by atoms with van der Waals surface area (Å²) in [6.45, 7) is 0.780. The Morgan fingerprint density at radius 1 is 1.00 bits per heavy atom. The molecule has 0 saturated heterocycles. The Balaban J connectivity index is 1.52. The van der Waals surface area contributed by atoms with Crippen LogP contribution in [-0.4, -0.2) is 41.0 Å². The molecular formula is C23H25N5O4. The van der Waals surface area contributed by atoms with Crippen molar-refractivity contribution in [2.75, 3.05) is 24.4 Å². The SMILES string of the molecule is COCC(=O)Nc1cccc(CNC(=O)c2cccc(NC(=O)CCn3ccnc3)c2)c1. The quantitative estimate of drug-likeness (QED) is 0.453. The fourth-order valence-corrected chi connectivity index (χ4v) is 2.98. The number of nitrogens with zero attached hydrogens (tertiary/aromatic N) is 2. The second-order valence-electron chi connectivity index (χ2n) is 7.04. The van der Waals surface area contributed by atoms with Crippen molar-refractivity contribution < 1.29 is 19.1 Å². The van der Waals surface area contributed by atoms with Crippen molar-refractivity contribution in [3.8, 4) is 0 Å². The third kappa shape index (κ3) is 7.06. The van der Waals surface area contributed by atoms with Gasteiger partial charge in [0.05, 0.1) is 6.33 Å². The van der Waals surface area contributed by atoms with Gasteiger partial charge < -0.3 is 25.3 Å². The van der Waals surface area contributed by atoms with Crippen LogP contribution in [0.1, 0.15) is 22.3 Å². The molecule has 0 fully saturated rings. The minimum Gasteiger partial charge on any atom is -0.375 e. The van der Waals surface area contributed by atoms with E-state index in [0.717, 1.165) is 5.56 Å². The van der Waals surface area contributed by atoms with E-state index in [9.17, 15) is 14.4 Å².